The van der Waals surface area contributed by atoms with Crippen LogP contribution in [-0.4, -0.2) is 34.8 Å². The fraction of sp³-hybridized carbons (Fsp3) is 0.625. The van der Waals surface area contributed by atoms with Crippen LogP contribution in [0.5, 0.6) is 0 Å². The Morgan fingerprint density at radius 3 is 2.43 bits per heavy atom. The van der Waals surface area contributed by atoms with E-state index in [1.807, 2.05) is 6.08 Å². The highest BCUT2D eigenvalue weighted by atomic mass is 32.2. The van der Waals surface area contributed by atoms with Gasteiger partial charge < -0.3 is 4.74 Å². The highest BCUT2D eigenvalue weighted by Gasteiger charge is 2.60. The van der Waals surface area contributed by atoms with Gasteiger partial charge in [0.1, 0.15) is 0 Å². The molecule has 2 saturated carbocycles. The van der Waals surface area contributed by atoms with E-state index in [4.69, 9.17) is 4.74 Å². The summed E-state index contributed by atoms with van der Waals surface area (Å²) in [6.45, 7) is 7.21. The number of carbonyl (C=O) groups excluding carboxylic acids is 1. The molecule has 0 bridgehead atoms. The minimum Gasteiger partial charge on any atom is -0.465 e. The molecule has 0 aliphatic heterocycles. The van der Waals surface area contributed by atoms with Crippen molar-refractivity contribution in [1.29, 1.82) is 0 Å². The van der Waals surface area contributed by atoms with E-state index >= 15 is 0 Å². The number of allylic oxidation sites excluding steroid dienone is 1. The van der Waals surface area contributed by atoms with Gasteiger partial charge in [0.25, 0.3) is 0 Å². The lowest BCUT2D eigenvalue weighted by Gasteiger charge is -2.38. The van der Waals surface area contributed by atoms with E-state index in [-0.39, 0.29) is 11.3 Å². The van der Waals surface area contributed by atoms with Gasteiger partial charge in [-0.05, 0) is 66.3 Å². The highest BCUT2D eigenvalue weighted by molar-refractivity contribution is 7.92. The molecular weight excluding hydrogens is 412 g/mol. The summed E-state index contributed by atoms with van der Waals surface area (Å²) < 4.78 is 32.2. The Morgan fingerprint density at radius 1 is 1.13 bits per heavy atom. The predicted molar refractivity (Wildman–Crippen MR) is 122 cm³/mol. The largest absolute Gasteiger partial charge is 0.465 e. The molecule has 0 N–H and O–H groups in total. The van der Waals surface area contributed by atoms with Crippen molar-refractivity contribution in [3.05, 3.63) is 42.0 Å². The lowest BCUT2D eigenvalue weighted by Crippen LogP contribution is -2.40. The smallest absolute Gasteiger partial charge is 0.337 e. The van der Waals surface area contributed by atoms with E-state index in [2.05, 4.69) is 25.7 Å². The number of hydrogen-bond acceptors (Lipinski definition) is 4. The minimum atomic E-state index is -3.51. The molecule has 6 heteroatoms. The topological polar surface area (TPSA) is 60.4 Å². The Balaban J connectivity index is 1.70. The van der Waals surface area contributed by atoms with Crippen LogP contribution in [0.2, 0.25) is 25.7 Å². The van der Waals surface area contributed by atoms with Crippen LogP contribution >= 0.6 is 0 Å². The van der Waals surface area contributed by atoms with Gasteiger partial charge in [0.05, 0.1) is 22.8 Å². The summed E-state index contributed by atoms with van der Waals surface area (Å²) in [5.74, 6) is 0.929. The van der Waals surface area contributed by atoms with Crippen LogP contribution in [0.4, 0.5) is 0 Å². The number of rotatable bonds is 5. The fourth-order valence-electron chi connectivity index (χ4n) is 6.76. The lowest BCUT2D eigenvalue weighted by molar-refractivity contribution is 0.0600. The predicted octanol–water partition coefficient (Wildman–Crippen LogP) is 5.34. The molecule has 1 aromatic rings. The molecule has 30 heavy (non-hydrogen) atoms. The zero-order valence-electron chi connectivity index (χ0n) is 18.6. The third-order valence-electron chi connectivity index (χ3n) is 7.53. The van der Waals surface area contributed by atoms with Crippen LogP contribution in [-0.2, 0) is 14.6 Å². The van der Waals surface area contributed by atoms with E-state index < -0.39 is 29.1 Å². The van der Waals surface area contributed by atoms with E-state index in [1.54, 1.807) is 24.3 Å². The number of ether oxygens (including phenoxy) is 1. The van der Waals surface area contributed by atoms with Gasteiger partial charge >= 0.3 is 5.97 Å². The summed E-state index contributed by atoms with van der Waals surface area (Å²) in [4.78, 5) is 12.0. The molecular formula is C24H34O4SSi. The van der Waals surface area contributed by atoms with Crippen molar-refractivity contribution in [2.45, 2.75) is 67.9 Å². The van der Waals surface area contributed by atoms with Gasteiger partial charge in [-0.15, -0.1) is 0 Å². The second kappa shape index (κ2) is 7.63. The maximum absolute atomic E-state index is 13.8. The van der Waals surface area contributed by atoms with E-state index in [0.29, 0.717) is 22.3 Å². The summed E-state index contributed by atoms with van der Waals surface area (Å²) in [7, 11) is -3.55. The normalized spacial score (nSPS) is 33.2. The molecule has 0 radical (unpaired) electrons. The Kier molecular flexibility index (Phi) is 5.55. The number of benzene rings is 1. The van der Waals surface area contributed by atoms with Gasteiger partial charge in [0, 0.05) is 8.07 Å². The van der Waals surface area contributed by atoms with E-state index in [0.717, 1.165) is 12.8 Å². The second-order valence-corrected chi connectivity index (χ2v) is 18.4. The zero-order chi connectivity index (χ0) is 21.7. The van der Waals surface area contributed by atoms with Crippen LogP contribution < -0.4 is 0 Å². The van der Waals surface area contributed by atoms with Crippen molar-refractivity contribution in [1.82, 2.24) is 0 Å². The first kappa shape index (κ1) is 21.8. The molecule has 3 unspecified atom stereocenters. The summed E-state index contributed by atoms with van der Waals surface area (Å²) in [6, 6.07) is 7.43. The number of fused-ring (bicyclic) bond motifs is 3. The number of sulfone groups is 1. The van der Waals surface area contributed by atoms with E-state index in [9.17, 15) is 13.2 Å². The Morgan fingerprint density at radius 2 is 1.80 bits per heavy atom. The molecule has 1 aromatic carbocycles. The lowest BCUT2D eigenvalue weighted by atomic mass is 9.75. The zero-order valence-corrected chi connectivity index (χ0v) is 20.4. The highest BCUT2D eigenvalue weighted by Crippen LogP contribution is 2.64. The average molecular weight is 447 g/mol. The van der Waals surface area contributed by atoms with Crippen molar-refractivity contribution in [2.24, 2.45) is 23.2 Å². The van der Waals surface area contributed by atoms with Crippen LogP contribution in [0, 0.1) is 23.2 Å². The monoisotopic (exact) mass is 446 g/mol. The Hall–Kier alpha value is -1.40. The SMILES string of the molecule is COC(=O)c1ccc(S(=O)(=O)[C@H]2C=C[C@]3(C[Si](C)(C)C)CC4CCCCC4C23)cc1. The quantitative estimate of drug-likeness (QED) is 0.348. The molecule has 0 aromatic heterocycles. The van der Waals surface area contributed by atoms with Crippen molar-refractivity contribution < 1.29 is 17.9 Å². The van der Waals surface area contributed by atoms with Gasteiger partial charge in [0.15, 0.2) is 9.84 Å². The molecule has 164 valence electrons. The fourth-order valence-corrected chi connectivity index (χ4v) is 11.2. The Labute approximate surface area is 182 Å². The molecule has 3 aliphatic rings. The first-order valence-electron chi connectivity index (χ1n) is 11.2. The second-order valence-electron chi connectivity index (χ2n) is 10.8. The molecule has 3 aliphatic carbocycles. The molecule has 5 atom stereocenters. The molecule has 0 spiro atoms. The van der Waals surface area contributed by atoms with Gasteiger partial charge in [-0.1, -0.05) is 51.1 Å². The molecule has 2 fully saturated rings. The van der Waals surface area contributed by atoms with Crippen LogP contribution in [0.1, 0.15) is 42.5 Å². The van der Waals surface area contributed by atoms with Crippen molar-refractivity contribution in [3.8, 4) is 0 Å². The van der Waals surface area contributed by atoms with Crippen LogP contribution in [0.25, 0.3) is 0 Å². The number of esters is 1. The van der Waals surface area contributed by atoms with Crippen molar-refractivity contribution in [2.75, 3.05) is 7.11 Å². The number of hydrogen-bond donors (Lipinski definition) is 0. The average Bonchev–Trinajstić information content (AvgIpc) is 3.19. The molecule has 4 nitrogen and oxygen atoms in total. The first-order chi connectivity index (χ1) is 14.1. The third-order valence-corrected chi connectivity index (χ3v) is 11.3. The summed E-state index contributed by atoms with van der Waals surface area (Å²) in [5.41, 5.74) is 0.424. The standard InChI is InChI=1S/C24H34O4SSi/c1-28-23(25)17-9-11-19(12-10-17)29(26,27)21-13-14-24(16-30(2,3)4)15-18-7-5-6-8-20(18)22(21)24/h9-14,18,20-22H,5-8,15-16H2,1-4H3/t18?,20?,21-,22?,24+/m0/s1. The maximum atomic E-state index is 13.8. The summed E-state index contributed by atoms with van der Waals surface area (Å²) >= 11 is 0. The van der Waals surface area contributed by atoms with Gasteiger partial charge in [-0.2, -0.15) is 0 Å². The van der Waals surface area contributed by atoms with Gasteiger partial charge in [-0.3, -0.25) is 0 Å². The van der Waals surface area contributed by atoms with Crippen molar-refractivity contribution >= 4 is 23.9 Å². The van der Waals surface area contributed by atoms with E-state index in [1.165, 1.54) is 32.4 Å². The van der Waals surface area contributed by atoms with Crippen LogP contribution in [0.3, 0.4) is 0 Å². The number of methoxy groups -OCH3 is 1. The maximum Gasteiger partial charge on any atom is 0.337 e. The molecule has 0 heterocycles. The third kappa shape index (κ3) is 3.70. The summed E-state index contributed by atoms with van der Waals surface area (Å²) in [5, 5.41) is -0.453. The van der Waals surface area contributed by atoms with Crippen LogP contribution in [0.15, 0.2) is 41.3 Å². The van der Waals surface area contributed by atoms with Crippen molar-refractivity contribution in [3.63, 3.8) is 0 Å². The Bertz CT molecular complexity index is 944. The molecule has 0 amide bonds. The molecule has 0 saturated heterocycles. The summed E-state index contributed by atoms with van der Waals surface area (Å²) in [6.07, 6.45) is 10.4. The molecule has 4 rings (SSSR count). The van der Waals surface area contributed by atoms with Gasteiger partial charge in [0.2, 0.25) is 0 Å². The first-order valence-corrected chi connectivity index (χ1v) is 16.4. The van der Waals surface area contributed by atoms with Gasteiger partial charge in [-0.25, -0.2) is 13.2 Å². The minimum absolute atomic E-state index is 0.0494. The number of carbonyl (C=O) groups is 1.